The van der Waals surface area contributed by atoms with Gasteiger partial charge in [0.2, 0.25) is 0 Å². The highest BCUT2D eigenvalue weighted by Gasteiger charge is 2.11. The molecule has 0 saturated heterocycles. The van der Waals surface area contributed by atoms with Crippen LogP contribution in [0, 0.1) is 0 Å². The number of aryl methyl sites for hydroxylation is 1. The Hall–Kier alpha value is -3.77. The molecule has 6 heteroatoms. The second-order valence-corrected chi connectivity index (χ2v) is 9.57. The number of halogens is 1. The highest BCUT2D eigenvalue weighted by Crippen LogP contribution is 2.21. The Morgan fingerprint density at radius 3 is 2.69 bits per heavy atom. The molecule has 0 saturated carbocycles. The van der Waals surface area contributed by atoms with E-state index in [9.17, 15) is 4.79 Å². The Kier molecular flexibility index (Phi) is 7.23. The molecule has 5 nitrogen and oxygen atoms in total. The van der Waals surface area contributed by atoms with Crippen LogP contribution < -0.4 is 10.3 Å². The Morgan fingerprint density at radius 2 is 1.81 bits per heavy atom. The Balaban J connectivity index is 1.42. The summed E-state index contributed by atoms with van der Waals surface area (Å²) in [6, 6.07) is 27.8. The van der Waals surface area contributed by atoms with E-state index in [0.717, 1.165) is 34.2 Å². The maximum absolute atomic E-state index is 13.3. The van der Waals surface area contributed by atoms with Crippen LogP contribution in [-0.4, -0.2) is 15.9 Å². The summed E-state index contributed by atoms with van der Waals surface area (Å²) in [5.41, 5.74) is 2.48. The first kappa shape index (κ1) is 23.9. The third kappa shape index (κ3) is 5.24. The molecular formula is C30H26BrN3O2. The van der Waals surface area contributed by atoms with Crippen molar-refractivity contribution < 1.29 is 4.74 Å². The van der Waals surface area contributed by atoms with Crippen LogP contribution in [0.3, 0.4) is 0 Å². The van der Waals surface area contributed by atoms with E-state index in [2.05, 4.69) is 52.2 Å². The van der Waals surface area contributed by atoms with Crippen LogP contribution >= 0.6 is 15.9 Å². The summed E-state index contributed by atoms with van der Waals surface area (Å²) in [5, 5.41) is 7.47. The lowest BCUT2D eigenvalue weighted by Gasteiger charge is -2.10. The van der Waals surface area contributed by atoms with Gasteiger partial charge in [-0.05, 0) is 58.7 Å². The fourth-order valence-corrected chi connectivity index (χ4v) is 4.56. The van der Waals surface area contributed by atoms with Crippen molar-refractivity contribution in [2.75, 3.05) is 0 Å². The Morgan fingerprint density at radius 1 is 0.972 bits per heavy atom. The van der Waals surface area contributed by atoms with Crippen molar-refractivity contribution in [1.82, 2.24) is 9.66 Å². The molecule has 0 aliphatic rings. The average Bonchev–Trinajstić information content (AvgIpc) is 2.91. The fraction of sp³-hybridized carbons (Fsp3) is 0.167. The number of nitrogens with zero attached hydrogens (tertiary/aromatic N) is 3. The number of benzene rings is 4. The molecule has 0 aliphatic heterocycles. The maximum Gasteiger partial charge on any atom is 0.282 e. The molecular weight excluding hydrogens is 514 g/mol. The molecule has 0 fully saturated rings. The van der Waals surface area contributed by atoms with Gasteiger partial charge in [0.25, 0.3) is 5.56 Å². The highest BCUT2D eigenvalue weighted by molar-refractivity contribution is 9.10. The summed E-state index contributed by atoms with van der Waals surface area (Å²) in [6.45, 7) is 2.58. The molecule has 5 aromatic rings. The second-order valence-electron chi connectivity index (χ2n) is 8.65. The quantitative estimate of drug-likeness (QED) is 0.197. The van der Waals surface area contributed by atoms with Crippen molar-refractivity contribution in [3.8, 4) is 5.75 Å². The first-order valence-electron chi connectivity index (χ1n) is 12.1. The largest absolute Gasteiger partial charge is 0.489 e. The minimum absolute atomic E-state index is 0.174. The van der Waals surface area contributed by atoms with Crippen molar-refractivity contribution >= 4 is 43.8 Å². The van der Waals surface area contributed by atoms with Crippen molar-refractivity contribution in [3.63, 3.8) is 0 Å². The first-order chi connectivity index (χ1) is 17.6. The average molecular weight is 540 g/mol. The van der Waals surface area contributed by atoms with Crippen LogP contribution in [0.4, 0.5) is 0 Å². The lowest BCUT2D eigenvalue weighted by molar-refractivity contribution is 0.307. The van der Waals surface area contributed by atoms with E-state index in [1.54, 1.807) is 12.3 Å². The summed E-state index contributed by atoms with van der Waals surface area (Å²) >= 11 is 3.45. The Bertz CT molecular complexity index is 1620. The topological polar surface area (TPSA) is 56.5 Å². The summed E-state index contributed by atoms with van der Waals surface area (Å²) in [7, 11) is 0. The van der Waals surface area contributed by atoms with E-state index in [0.29, 0.717) is 29.8 Å². The normalized spacial score (nSPS) is 11.5. The zero-order valence-electron chi connectivity index (χ0n) is 20.0. The van der Waals surface area contributed by atoms with Gasteiger partial charge >= 0.3 is 0 Å². The van der Waals surface area contributed by atoms with Crippen molar-refractivity contribution in [3.05, 3.63) is 117 Å². The summed E-state index contributed by atoms with van der Waals surface area (Å²) < 4.78 is 8.38. The SMILES string of the molecule is CCCCc1nc2ccc(Br)cc2c(=O)n1N=Cc1cccc(OCc2cccc3ccccc23)c1. The van der Waals surface area contributed by atoms with Crippen LogP contribution in [-0.2, 0) is 13.0 Å². The third-order valence-corrected chi connectivity index (χ3v) is 6.58. The van der Waals surface area contributed by atoms with Gasteiger partial charge < -0.3 is 4.74 Å². The predicted molar refractivity (Wildman–Crippen MR) is 150 cm³/mol. The number of ether oxygens (including phenoxy) is 1. The lowest BCUT2D eigenvalue weighted by atomic mass is 10.1. The molecule has 180 valence electrons. The number of hydrogen-bond donors (Lipinski definition) is 0. The molecule has 5 rings (SSSR count). The Labute approximate surface area is 218 Å². The van der Waals surface area contributed by atoms with E-state index in [1.807, 2.05) is 54.6 Å². The number of unbranched alkanes of at least 4 members (excludes halogenated alkanes) is 1. The summed E-state index contributed by atoms with van der Waals surface area (Å²) in [5.74, 6) is 1.40. The van der Waals surface area contributed by atoms with E-state index >= 15 is 0 Å². The standard InChI is InChI=1S/C30H26BrN3O2/c1-2-3-14-29-33-28-16-15-24(31)18-27(28)30(35)34(29)32-19-21-8-6-12-25(17-21)36-20-23-11-7-10-22-9-4-5-13-26(22)23/h4-13,15-19H,2-3,14,20H2,1H3. The number of aromatic nitrogens is 2. The van der Waals surface area contributed by atoms with Crippen molar-refractivity contribution in [2.45, 2.75) is 32.8 Å². The monoisotopic (exact) mass is 539 g/mol. The van der Waals surface area contributed by atoms with Crippen LogP contribution in [0.25, 0.3) is 21.7 Å². The molecule has 0 amide bonds. The van der Waals surface area contributed by atoms with Gasteiger partial charge in [-0.2, -0.15) is 9.78 Å². The van der Waals surface area contributed by atoms with Gasteiger partial charge in [-0.1, -0.05) is 83.9 Å². The molecule has 0 atom stereocenters. The molecule has 1 heterocycles. The smallest absolute Gasteiger partial charge is 0.282 e. The van der Waals surface area contributed by atoms with Crippen molar-refractivity contribution in [1.29, 1.82) is 0 Å². The fourth-order valence-electron chi connectivity index (χ4n) is 4.20. The molecule has 0 aliphatic carbocycles. The molecule has 0 N–H and O–H groups in total. The third-order valence-electron chi connectivity index (χ3n) is 6.08. The van der Waals surface area contributed by atoms with Gasteiger partial charge in [-0.25, -0.2) is 4.98 Å². The summed E-state index contributed by atoms with van der Waals surface area (Å²) in [6.07, 6.45) is 4.31. The predicted octanol–water partition coefficient (Wildman–Crippen LogP) is 7.12. The number of hydrogen-bond acceptors (Lipinski definition) is 4. The van der Waals surface area contributed by atoms with E-state index < -0.39 is 0 Å². The molecule has 0 unspecified atom stereocenters. The molecule has 36 heavy (non-hydrogen) atoms. The number of rotatable bonds is 8. The van der Waals surface area contributed by atoms with Gasteiger partial charge in [0.05, 0.1) is 17.1 Å². The minimum atomic E-state index is -0.174. The second kappa shape index (κ2) is 10.9. The molecule has 0 radical (unpaired) electrons. The number of fused-ring (bicyclic) bond motifs is 2. The molecule has 0 spiro atoms. The lowest BCUT2D eigenvalue weighted by Crippen LogP contribution is -2.22. The van der Waals surface area contributed by atoms with Gasteiger partial charge in [0.15, 0.2) is 0 Å². The highest BCUT2D eigenvalue weighted by atomic mass is 79.9. The summed E-state index contributed by atoms with van der Waals surface area (Å²) in [4.78, 5) is 18.0. The van der Waals surface area contributed by atoms with E-state index in [4.69, 9.17) is 9.72 Å². The molecule has 4 aromatic carbocycles. The van der Waals surface area contributed by atoms with Gasteiger partial charge in [0.1, 0.15) is 18.2 Å². The van der Waals surface area contributed by atoms with Crippen LogP contribution in [0.15, 0.2) is 99.3 Å². The van der Waals surface area contributed by atoms with Gasteiger partial charge in [0, 0.05) is 10.9 Å². The van der Waals surface area contributed by atoms with Crippen LogP contribution in [0.1, 0.15) is 36.7 Å². The van der Waals surface area contributed by atoms with Gasteiger partial charge in [-0.15, -0.1) is 0 Å². The van der Waals surface area contributed by atoms with Crippen LogP contribution in [0.2, 0.25) is 0 Å². The van der Waals surface area contributed by atoms with Gasteiger partial charge in [-0.3, -0.25) is 4.79 Å². The van der Waals surface area contributed by atoms with Crippen molar-refractivity contribution in [2.24, 2.45) is 5.10 Å². The van der Waals surface area contributed by atoms with E-state index in [1.165, 1.54) is 15.4 Å². The van der Waals surface area contributed by atoms with Crippen LogP contribution in [0.5, 0.6) is 5.75 Å². The minimum Gasteiger partial charge on any atom is -0.489 e. The first-order valence-corrected chi connectivity index (χ1v) is 12.9. The maximum atomic E-state index is 13.3. The zero-order chi connectivity index (χ0) is 24.9. The van der Waals surface area contributed by atoms with E-state index in [-0.39, 0.29) is 5.56 Å². The molecule has 0 bridgehead atoms. The zero-order valence-corrected chi connectivity index (χ0v) is 21.6. The molecule has 1 aromatic heterocycles.